The monoisotopic (exact) mass is 184 g/mol. The van der Waals surface area contributed by atoms with E-state index in [-0.39, 0.29) is 11.5 Å². The summed E-state index contributed by atoms with van der Waals surface area (Å²) in [6.45, 7) is 6.15. The largest absolute Gasteiger partial charge is 0.464 e. The van der Waals surface area contributed by atoms with Crippen molar-refractivity contribution in [3.8, 4) is 0 Å². The van der Waals surface area contributed by atoms with E-state index in [0.717, 1.165) is 5.57 Å². The van der Waals surface area contributed by atoms with Crippen molar-refractivity contribution >= 4 is 6.47 Å². The zero-order chi connectivity index (χ0) is 10.1. The van der Waals surface area contributed by atoms with Gasteiger partial charge in [-0.25, -0.2) is 0 Å². The van der Waals surface area contributed by atoms with E-state index < -0.39 is 6.10 Å². The van der Waals surface area contributed by atoms with Crippen LogP contribution in [0.3, 0.4) is 0 Å². The molecule has 0 radical (unpaired) electrons. The summed E-state index contributed by atoms with van der Waals surface area (Å²) in [7, 11) is 0. The maximum Gasteiger partial charge on any atom is 0.293 e. The SMILES string of the molecule is CC1=CCC(OC=O)C(C)(C)C1O. The average molecular weight is 184 g/mol. The Morgan fingerprint density at radius 2 is 2.31 bits per heavy atom. The first-order chi connectivity index (χ1) is 6.00. The van der Waals surface area contributed by atoms with E-state index in [1.807, 2.05) is 26.8 Å². The van der Waals surface area contributed by atoms with Gasteiger partial charge >= 0.3 is 0 Å². The van der Waals surface area contributed by atoms with Gasteiger partial charge in [0.05, 0.1) is 6.10 Å². The van der Waals surface area contributed by atoms with Crippen molar-refractivity contribution in [2.75, 3.05) is 0 Å². The molecule has 1 rings (SSSR count). The van der Waals surface area contributed by atoms with Crippen LogP contribution in [0.15, 0.2) is 11.6 Å². The van der Waals surface area contributed by atoms with Crippen molar-refractivity contribution in [3.63, 3.8) is 0 Å². The second kappa shape index (κ2) is 3.50. The summed E-state index contributed by atoms with van der Waals surface area (Å²) in [5.74, 6) is 0. The van der Waals surface area contributed by atoms with Gasteiger partial charge in [0.2, 0.25) is 0 Å². The minimum atomic E-state index is -0.522. The van der Waals surface area contributed by atoms with Gasteiger partial charge < -0.3 is 9.84 Å². The highest BCUT2D eigenvalue weighted by molar-refractivity contribution is 5.38. The first-order valence-corrected chi connectivity index (χ1v) is 4.44. The second-order valence-corrected chi connectivity index (χ2v) is 4.13. The van der Waals surface area contributed by atoms with Gasteiger partial charge in [-0.3, -0.25) is 4.79 Å². The maximum atomic E-state index is 10.2. The van der Waals surface area contributed by atoms with E-state index in [2.05, 4.69) is 0 Å². The molecule has 1 aliphatic carbocycles. The molecule has 2 unspecified atom stereocenters. The van der Waals surface area contributed by atoms with Crippen LogP contribution in [0.2, 0.25) is 0 Å². The van der Waals surface area contributed by atoms with Crippen LogP contribution in [0.5, 0.6) is 0 Å². The van der Waals surface area contributed by atoms with Crippen molar-refractivity contribution in [3.05, 3.63) is 11.6 Å². The Bertz CT molecular complexity index is 230. The molecule has 0 saturated heterocycles. The number of aliphatic hydroxyl groups excluding tert-OH is 1. The molecule has 0 aliphatic heterocycles. The molecule has 2 atom stereocenters. The van der Waals surface area contributed by atoms with Crippen molar-refractivity contribution < 1.29 is 14.6 Å². The minimum Gasteiger partial charge on any atom is -0.464 e. The Balaban J connectivity index is 2.85. The third-order valence-electron chi connectivity index (χ3n) is 2.84. The lowest BCUT2D eigenvalue weighted by molar-refractivity contribution is -0.144. The molecule has 3 heteroatoms. The molecule has 0 amide bonds. The smallest absolute Gasteiger partial charge is 0.293 e. The lowest BCUT2D eigenvalue weighted by Gasteiger charge is -2.40. The van der Waals surface area contributed by atoms with Crippen molar-refractivity contribution in [2.24, 2.45) is 5.41 Å². The molecule has 0 aromatic rings. The number of carbonyl (C=O) groups excluding carboxylic acids is 1. The number of carbonyl (C=O) groups is 1. The second-order valence-electron chi connectivity index (χ2n) is 4.13. The third-order valence-corrected chi connectivity index (χ3v) is 2.84. The molecule has 0 heterocycles. The van der Waals surface area contributed by atoms with Crippen molar-refractivity contribution in [1.82, 2.24) is 0 Å². The summed E-state index contributed by atoms with van der Waals surface area (Å²) in [6, 6.07) is 0. The van der Waals surface area contributed by atoms with Crippen molar-refractivity contribution in [2.45, 2.75) is 39.4 Å². The number of hydrogen-bond acceptors (Lipinski definition) is 3. The maximum absolute atomic E-state index is 10.2. The van der Waals surface area contributed by atoms with Crippen molar-refractivity contribution in [1.29, 1.82) is 0 Å². The van der Waals surface area contributed by atoms with Gasteiger partial charge in [-0.2, -0.15) is 0 Å². The van der Waals surface area contributed by atoms with Gasteiger partial charge in [-0.05, 0) is 12.5 Å². The predicted octanol–water partition coefficient (Wildman–Crippen LogP) is 1.27. The zero-order valence-corrected chi connectivity index (χ0v) is 8.28. The van der Waals surface area contributed by atoms with Crippen LogP contribution in [-0.4, -0.2) is 23.8 Å². The molecule has 0 saturated carbocycles. The highest BCUT2D eigenvalue weighted by Gasteiger charge is 2.40. The number of ether oxygens (including phenoxy) is 1. The van der Waals surface area contributed by atoms with Crippen LogP contribution in [0.4, 0.5) is 0 Å². The van der Waals surface area contributed by atoms with E-state index in [0.29, 0.717) is 12.9 Å². The van der Waals surface area contributed by atoms with Crippen LogP contribution in [0.25, 0.3) is 0 Å². The first-order valence-electron chi connectivity index (χ1n) is 4.44. The molecular formula is C10H16O3. The van der Waals surface area contributed by atoms with Gasteiger partial charge in [-0.15, -0.1) is 0 Å². The number of hydrogen-bond donors (Lipinski definition) is 1. The fourth-order valence-corrected chi connectivity index (χ4v) is 1.77. The standard InChI is InChI=1S/C10H16O3/c1-7-4-5-8(13-6-11)10(2,3)9(7)12/h4,6,8-9,12H,5H2,1-3H3. The quantitative estimate of drug-likeness (QED) is 0.519. The fraction of sp³-hybridized carbons (Fsp3) is 0.700. The topological polar surface area (TPSA) is 46.5 Å². The van der Waals surface area contributed by atoms with Gasteiger partial charge in [-0.1, -0.05) is 19.9 Å². The predicted molar refractivity (Wildman–Crippen MR) is 49.1 cm³/mol. The lowest BCUT2D eigenvalue weighted by atomic mass is 9.73. The Labute approximate surface area is 78.4 Å². The zero-order valence-electron chi connectivity index (χ0n) is 8.28. The molecular weight excluding hydrogens is 168 g/mol. The lowest BCUT2D eigenvalue weighted by Crippen LogP contribution is -2.44. The summed E-state index contributed by atoms with van der Waals surface area (Å²) < 4.78 is 4.93. The summed E-state index contributed by atoms with van der Waals surface area (Å²) in [6.07, 6.45) is 1.87. The Kier molecular flexibility index (Phi) is 2.76. The van der Waals surface area contributed by atoms with Crippen LogP contribution in [0, 0.1) is 5.41 Å². The van der Waals surface area contributed by atoms with Crippen LogP contribution in [0.1, 0.15) is 27.2 Å². The molecule has 1 aliphatic rings. The molecule has 0 aromatic carbocycles. The number of rotatable bonds is 2. The van der Waals surface area contributed by atoms with Gasteiger partial charge in [0, 0.05) is 11.8 Å². The summed E-state index contributed by atoms with van der Waals surface area (Å²) in [4.78, 5) is 10.2. The summed E-state index contributed by atoms with van der Waals surface area (Å²) >= 11 is 0. The van der Waals surface area contributed by atoms with Crippen LogP contribution >= 0.6 is 0 Å². The van der Waals surface area contributed by atoms with E-state index in [9.17, 15) is 9.90 Å². The Morgan fingerprint density at radius 3 is 2.85 bits per heavy atom. The van der Waals surface area contributed by atoms with E-state index >= 15 is 0 Å². The highest BCUT2D eigenvalue weighted by Crippen LogP contribution is 2.37. The molecule has 0 fully saturated rings. The van der Waals surface area contributed by atoms with E-state index in [4.69, 9.17) is 4.74 Å². The van der Waals surface area contributed by atoms with Gasteiger partial charge in [0.1, 0.15) is 6.10 Å². The molecule has 0 aromatic heterocycles. The normalized spacial score (nSPS) is 32.2. The molecule has 3 nitrogen and oxygen atoms in total. The molecule has 0 bridgehead atoms. The molecule has 1 N–H and O–H groups in total. The van der Waals surface area contributed by atoms with E-state index in [1.165, 1.54) is 0 Å². The summed E-state index contributed by atoms with van der Waals surface area (Å²) in [5.41, 5.74) is 0.565. The highest BCUT2D eigenvalue weighted by atomic mass is 16.5. The van der Waals surface area contributed by atoms with Gasteiger partial charge in [0.15, 0.2) is 0 Å². The first kappa shape index (κ1) is 10.3. The Hall–Kier alpha value is -0.830. The fourth-order valence-electron chi connectivity index (χ4n) is 1.77. The van der Waals surface area contributed by atoms with E-state index in [1.54, 1.807) is 0 Å². The van der Waals surface area contributed by atoms with Crippen LogP contribution < -0.4 is 0 Å². The van der Waals surface area contributed by atoms with Crippen LogP contribution in [-0.2, 0) is 9.53 Å². The molecule has 74 valence electrons. The number of aliphatic hydroxyl groups is 1. The third kappa shape index (κ3) is 1.75. The average Bonchev–Trinajstić information content (AvgIpc) is 2.07. The Morgan fingerprint density at radius 1 is 1.69 bits per heavy atom. The van der Waals surface area contributed by atoms with Gasteiger partial charge in [0.25, 0.3) is 6.47 Å². The summed E-state index contributed by atoms with van der Waals surface area (Å²) in [5, 5.41) is 9.84. The minimum absolute atomic E-state index is 0.219. The molecule has 13 heavy (non-hydrogen) atoms. The molecule has 0 spiro atoms.